The first-order valence-electron chi connectivity index (χ1n) is 16.5. The normalized spacial score (nSPS) is 26.5. The van der Waals surface area contributed by atoms with Crippen LogP contribution >= 0.6 is 11.6 Å². The molecule has 2 bridgehead atoms. The predicted octanol–water partition coefficient (Wildman–Crippen LogP) is 5.87. The number of anilines is 2. The van der Waals surface area contributed by atoms with Crippen molar-refractivity contribution in [2.75, 3.05) is 50.0 Å². The number of rotatable bonds is 9. The molecule has 244 valence electrons. The summed E-state index contributed by atoms with van der Waals surface area (Å²) in [5.41, 5.74) is 10.7. The molecule has 2 aromatic carbocycles. The Balaban J connectivity index is 0.968. The van der Waals surface area contributed by atoms with Crippen LogP contribution in [0, 0.1) is 16.2 Å². The molecule has 9 nitrogen and oxygen atoms in total. The van der Waals surface area contributed by atoms with Crippen LogP contribution in [0.3, 0.4) is 0 Å². The fraction of sp³-hybridized carbons (Fsp3) is 0.528. The van der Waals surface area contributed by atoms with Gasteiger partial charge in [-0.3, -0.25) is 9.69 Å². The van der Waals surface area contributed by atoms with Crippen molar-refractivity contribution in [2.24, 2.45) is 16.2 Å². The number of benzene rings is 2. The lowest BCUT2D eigenvalue weighted by molar-refractivity contribution is -0.154. The molecular weight excluding hydrogens is 602 g/mol. The Hall–Kier alpha value is -3.40. The van der Waals surface area contributed by atoms with Crippen molar-refractivity contribution in [2.45, 2.75) is 65.6 Å². The standard InChI is InChI=1S/C36H44ClN5O4/c1-34(2)35(3)12-13-36(34,32(43)44)21-29(35)45-19-18-41-14-16-42(17-15-41)31-28-10-6-24-20-26(46-22-23-4-7-25(37)8-5-23)9-11-27(24)30(28)39-33(38)40-31/h4-5,7-9,11,20,29H,6,10,12-19,21-22H2,1-3H3,(H,43,44)(H2,38,39,40). The molecular formula is C36H44ClN5O4. The molecule has 1 aliphatic heterocycles. The van der Waals surface area contributed by atoms with Crippen molar-refractivity contribution >= 4 is 29.3 Å². The monoisotopic (exact) mass is 645 g/mol. The van der Waals surface area contributed by atoms with E-state index in [2.05, 4.69) is 42.7 Å². The van der Waals surface area contributed by atoms with E-state index in [0.717, 1.165) is 92.4 Å². The number of carboxylic acid groups (broad SMARTS) is 1. The zero-order valence-corrected chi connectivity index (χ0v) is 27.8. The largest absolute Gasteiger partial charge is 0.489 e. The Morgan fingerprint density at radius 2 is 1.80 bits per heavy atom. The van der Waals surface area contributed by atoms with Crippen molar-refractivity contribution in [3.8, 4) is 17.0 Å². The molecule has 3 fully saturated rings. The number of ether oxygens (including phenoxy) is 2. The minimum Gasteiger partial charge on any atom is -0.489 e. The highest BCUT2D eigenvalue weighted by Gasteiger charge is 2.73. The molecule has 3 N–H and O–H groups in total. The lowest BCUT2D eigenvalue weighted by Gasteiger charge is -2.40. The second-order valence-electron chi connectivity index (χ2n) is 14.3. The van der Waals surface area contributed by atoms with Crippen molar-refractivity contribution in [3.63, 3.8) is 0 Å². The number of aromatic nitrogens is 2. The van der Waals surface area contributed by atoms with E-state index < -0.39 is 11.4 Å². The van der Waals surface area contributed by atoms with Gasteiger partial charge in [0, 0.05) is 54.3 Å². The highest BCUT2D eigenvalue weighted by Crippen LogP contribution is 2.72. The van der Waals surface area contributed by atoms with Crippen molar-refractivity contribution in [1.29, 1.82) is 0 Å². The number of aliphatic carboxylic acids is 1. The molecule has 0 radical (unpaired) electrons. The number of nitrogens with two attached hydrogens (primary N) is 1. The van der Waals surface area contributed by atoms with Gasteiger partial charge in [0.05, 0.1) is 23.8 Å². The number of fused-ring (bicyclic) bond motifs is 5. The van der Waals surface area contributed by atoms with Crippen molar-refractivity contribution < 1.29 is 19.4 Å². The van der Waals surface area contributed by atoms with Gasteiger partial charge >= 0.3 is 5.97 Å². The maximum atomic E-state index is 12.3. The highest BCUT2D eigenvalue weighted by atomic mass is 35.5. The lowest BCUT2D eigenvalue weighted by Crippen LogP contribution is -2.48. The van der Waals surface area contributed by atoms with E-state index >= 15 is 0 Å². The fourth-order valence-corrected chi connectivity index (χ4v) is 8.75. The minimum atomic E-state index is -0.675. The fourth-order valence-electron chi connectivity index (χ4n) is 8.63. The number of nitrogens with zero attached hydrogens (tertiary/aromatic N) is 4. The maximum Gasteiger partial charge on any atom is 0.310 e. The first kappa shape index (κ1) is 31.2. The summed E-state index contributed by atoms with van der Waals surface area (Å²) in [5, 5.41) is 10.8. The van der Waals surface area contributed by atoms with Gasteiger partial charge in [0.25, 0.3) is 0 Å². The third-order valence-electron chi connectivity index (χ3n) is 12.0. The number of carboxylic acids is 1. The first-order valence-corrected chi connectivity index (χ1v) is 16.9. The Morgan fingerprint density at radius 1 is 1.04 bits per heavy atom. The van der Waals surface area contributed by atoms with E-state index in [0.29, 0.717) is 30.6 Å². The molecule has 7 rings (SSSR count). The van der Waals surface area contributed by atoms with Gasteiger partial charge in [0.1, 0.15) is 18.2 Å². The Bertz CT molecular complexity index is 1640. The molecule has 1 saturated heterocycles. The Morgan fingerprint density at radius 3 is 2.52 bits per heavy atom. The number of halogens is 1. The smallest absolute Gasteiger partial charge is 0.310 e. The number of carbonyl (C=O) groups is 1. The van der Waals surface area contributed by atoms with Gasteiger partial charge in [-0.2, -0.15) is 4.98 Å². The van der Waals surface area contributed by atoms with E-state index in [-0.39, 0.29) is 16.9 Å². The van der Waals surface area contributed by atoms with Gasteiger partial charge < -0.3 is 25.2 Å². The number of hydrogen-bond acceptors (Lipinski definition) is 8. The van der Waals surface area contributed by atoms with Crippen LogP contribution in [0.15, 0.2) is 42.5 Å². The SMILES string of the molecule is CC12CCC(C(=O)O)(CC1OCCN1CCN(c3nc(N)nc4c3CCc3cc(OCc5ccc(Cl)cc5)ccc3-4)CC1)C2(C)C. The second-order valence-corrected chi connectivity index (χ2v) is 14.7. The molecule has 2 saturated carbocycles. The van der Waals surface area contributed by atoms with Crippen LogP contribution in [-0.4, -0.2) is 71.4 Å². The number of hydrogen-bond donors (Lipinski definition) is 2. The van der Waals surface area contributed by atoms with Gasteiger partial charge in [-0.15, -0.1) is 0 Å². The number of aryl methyl sites for hydroxylation is 1. The molecule has 0 amide bonds. The van der Waals surface area contributed by atoms with Gasteiger partial charge in [0.2, 0.25) is 5.95 Å². The van der Waals surface area contributed by atoms with Gasteiger partial charge in [-0.05, 0) is 79.0 Å². The number of nitrogen functional groups attached to an aromatic ring is 1. The molecule has 46 heavy (non-hydrogen) atoms. The van der Waals surface area contributed by atoms with Crippen molar-refractivity contribution in [3.05, 3.63) is 64.2 Å². The minimum absolute atomic E-state index is 0.0156. The molecule has 3 aromatic rings. The molecule has 4 aliphatic rings. The summed E-state index contributed by atoms with van der Waals surface area (Å²) >= 11 is 6.01. The summed E-state index contributed by atoms with van der Waals surface area (Å²) in [4.78, 5) is 26.5. The topological polar surface area (TPSA) is 114 Å². The summed E-state index contributed by atoms with van der Waals surface area (Å²) in [6.07, 6.45) is 3.99. The Kier molecular flexibility index (Phi) is 7.93. The van der Waals surface area contributed by atoms with E-state index in [1.807, 2.05) is 30.3 Å². The van der Waals surface area contributed by atoms with Crippen LogP contribution in [0.5, 0.6) is 5.75 Å². The van der Waals surface area contributed by atoms with Crippen LogP contribution in [0.2, 0.25) is 5.02 Å². The summed E-state index contributed by atoms with van der Waals surface area (Å²) in [6.45, 7) is 11.9. The van der Waals surface area contributed by atoms with Crippen molar-refractivity contribution in [1.82, 2.24) is 14.9 Å². The third-order valence-corrected chi connectivity index (χ3v) is 12.3. The van der Waals surface area contributed by atoms with Gasteiger partial charge in [0.15, 0.2) is 0 Å². The molecule has 3 aliphatic carbocycles. The van der Waals surface area contributed by atoms with Gasteiger partial charge in [-0.25, -0.2) is 4.98 Å². The van der Waals surface area contributed by atoms with E-state index in [1.165, 1.54) is 5.56 Å². The summed E-state index contributed by atoms with van der Waals surface area (Å²) in [6, 6.07) is 13.9. The summed E-state index contributed by atoms with van der Waals surface area (Å²) < 4.78 is 12.6. The maximum absolute atomic E-state index is 12.3. The summed E-state index contributed by atoms with van der Waals surface area (Å²) in [5.74, 6) is 1.41. The van der Waals surface area contributed by atoms with E-state index in [9.17, 15) is 9.90 Å². The predicted molar refractivity (Wildman–Crippen MR) is 179 cm³/mol. The Labute approximate surface area is 276 Å². The molecule has 3 unspecified atom stereocenters. The van der Waals surface area contributed by atoms with Crippen LogP contribution in [0.25, 0.3) is 11.3 Å². The summed E-state index contributed by atoms with van der Waals surface area (Å²) in [7, 11) is 0. The number of piperazine rings is 1. The third kappa shape index (κ3) is 5.11. The highest BCUT2D eigenvalue weighted by molar-refractivity contribution is 6.30. The zero-order valence-electron chi connectivity index (χ0n) is 27.0. The zero-order chi connectivity index (χ0) is 32.3. The van der Waals surface area contributed by atoms with Crippen LogP contribution in [0.4, 0.5) is 11.8 Å². The first-order chi connectivity index (χ1) is 22.0. The second kappa shape index (κ2) is 11.7. The van der Waals surface area contributed by atoms with Crippen LogP contribution in [-0.2, 0) is 29.0 Å². The van der Waals surface area contributed by atoms with Crippen LogP contribution < -0.4 is 15.4 Å². The van der Waals surface area contributed by atoms with Gasteiger partial charge in [-0.1, -0.05) is 44.5 Å². The average molecular weight is 646 g/mol. The average Bonchev–Trinajstić information content (AvgIpc) is 3.35. The lowest BCUT2D eigenvalue weighted by atomic mass is 9.65. The van der Waals surface area contributed by atoms with E-state index in [4.69, 9.17) is 36.8 Å². The molecule has 10 heteroatoms. The molecule has 3 atom stereocenters. The molecule has 1 aromatic heterocycles. The van der Waals surface area contributed by atoms with Crippen LogP contribution in [0.1, 0.15) is 56.7 Å². The molecule has 0 spiro atoms. The van der Waals surface area contributed by atoms with E-state index in [1.54, 1.807) is 0 Å². The quantitative estimate of drug-likeness (QED) is 0.295. The molecule has 2 heterocycles.